The van der Waals surface area contributed by atoms with Crippen LogP contribution in [0.5, 0.6) is 11.5 Å². The van der Waals surface area contributed by atoms with Crippen molar-refractivity contribution >= 4 is 76.7 Å². The van der Waals surface area contributed by atoms with E-state index in [1.165, 1.54) is 39.5 Å². The van der Waals surface area contributed by atoms with Crippen molar-refractivity contribution in [3.63, 3.8) is 0 Å². The standard InChI is InChI=1S/C54H45N9O13S2/c1-31(64)73-41-24-23-37(25-42(41)74-32(2)65)40(66)28-72-59-44(39-27-71-53(55)56-39)49(68)57-45-50(69)63-46(52(70)76-48(35-19-11-5-12-20-35)36-21-13-6-14-22-36)38(29-77-51(45)63)30-78-54-58-60-61-62(54)26-43(67)75-47(33-15-7-3-8-16-33)34-17-9-4-10-18-34/h3-25,27,45,47-48,51H,26,28-30H2,1-2H3,(H2,55,56)(H,57,68)/b59-44-/t45-,51+/m1/s1. The number of anilines is 1. The van der Waals surface area contributed by atoms with Crippen LogP contribution in [0.15, 0.2) is 172 Å². The van der Waals surface area contributed by atoms with Crippen LogP contribution in [-0.4, -0.2) is 107 Å². The number of oxazole rings is 1. The average molecular weight is 1090 g/mol. The summed E-state index contributed by atoms with van der Waals surface area (Å²) in [6.07, 6.45) is -0.588. The zero-order valence-corrected chi connectivity index (χ0v) is 43.0. The van der Waals surface area contributed by atoms with Crippen LogP contribution in [0.2, 0.25) is 0 Å². The van der Waals surface area contributed by atoms with Gasteiger partial charge in [0.1, 0.15) is 35.6 Å². The molecule has 0 radical (unpaired) electrons. The Morgan fingerprint density at radius 1 is 0.795 bits per heavy atom. The van der Waals surface area contributed by atoms with E-state index in [1.807, 2.05) is 121 Å². The zero-order chi connectivity index (χ0) is 54.7. The van der Waals surface area contributed by atoms with Crippen LogP contribution in [0, 0.1) is 0 Å². The number of nitrogen functional groups attached to an aromatic ring is 1. The van der Waals surface area contributed by atoms with Crippen LogP contribution < -0.4 is 20.5 Å². The maximum Gasteiger partial charge on any atom is 0.356 e. The summed E-state index contributed by atoms with van der Waals surface area (Å²) in [6, 6.07) is 38.9. The van der Waals surface area contributed by atoms with E-state index in [2.05, 4.69) is 31.0 Å². The first-order valence-corrected chi connectivity index (χ1v) is 25.8. The number of Topliss-reactive ketones (excluding diaryl/α,β-unsaturated/α-hetero) is 1. The minimum Gasteiger partial charge on any atom is -0.451 e. The van der Waals surface area contributed by atoms with Crippen molar-refractivity contribution in [2.45, 2.75) is 49.2 Å². The number of carbonyl (C=O) groups is 7. The third-order valence-electron chi connectivity index (χ3n) is 11.7. The largest absolute Gasteiger partial charge is 0.451 e. The first-order valence-electron chi connectivity index (χ1n) is 23.7. The molecule has 2 aliphatic rings. The fourth-order valence-corrected chi connectivity index (χ4v) is 10.5. The SMILES string of the molecule is CC(=O)Oc1ccc(C(=O)CO/N=C(\C(=O)N[C@@H]2C(=O)N3C(C(=O)OC(c4ccccc4)c4ccccc4)=C(CSc4nnnn4CC(=O)OC(c4ccccc4)c4ccccc4)CS[C@@H]23)c2coc(N)n2)cc1OC(C)=O. The van der Waals surface area contributed by atoms with Gasteiger partial charge in [-0.3, -0.25) is 33.7 Å². The molecule has 3 N–H and O–H groups in total. The van der Waals surface area contributed by atoms with E-state index in [0.717, 1.165) is 43.0 Å². The topological polar surface area (TPSA) is 289 Å². The Morgan fingerprint density at radius 2 is 1.37 bits per heavy atom. The smallest absolute Gasteiger partial charge is 0.356 e. The maximum absolute atomic E-state index is 14.8. The minimum absolute atomic E-state index is 0.0301. The lowest BCUT2D eigenvalue weighted by molar-refractivity contribution is -0.154. The lowest BCUT2D eigenvalue weighted by Crippen LogP contribution is -2.71. The van der Waals surface area contributed by atoms with Gasteiger partial charge in [0.05, 0.1) is 0 Å². The molecule has 24 heteroatoms. The van der Waals surface area contributed by atoms with Crippen molar-refractivity contribution in [1.82, 2.24) is 35.4 Å². The van der Waals surface area contributed by atoms with E-state index < -0.39 is 77.4 Å². The number of aromatic nitrogens is 5. The number of thioether (sulfide) groups is 2. The Labute approximate surface area is 452 Å². The average Bonchev–Trinajstić information content (AvgIpc) is 4.12. The molecule has 2 aliphatic heterocycles. The summed E-state index contributed by atoms with van der Waals surface area (Å²) >= 11 is 2.37. The molecule has 78 heavy (non-hydrogen) atoms. The van der Waals surface area contributed by atoms with Gasteiger partial charge in [-0.2, -0.15) is 4.98 Å². The number of tetrazole rings is 1. The van der Waals surface area contributed by atoms with Gasteiger partial charge >= 0.3 is 23.9 Å². The molecule has 2 amide bonds. The summed E-state index contributed by atoms with van der Waals surface area (Å²) in [7, 11) is 0. The molecular weight excluding hydrogens is 1050 g/mol. The molecule has 5 aromatic carbocycles. The molecular formula is C54H45N9O13S2. The van der Waals surface area contributed by atoms with Gasteiger partial charge in [0.2, 0.25) is 10.9 Å². The Hall–Kier alpha value is -9.42. The number of carbonyl (C=O) groups excluding carboxylic acids is 7. The van der Waals surface area contributed by atoms with Crippen molar-refractivity contribution in [3.05, 3.63) is 191 Å². The summed E-state index contributed by atoms with van der Waals surface area (Å²) < 4.78 is 29.0. The number of oxime groups is 1. The van der Waals surface area contributed by atoms with Gasteiger partial charge in [0.15, 0.2) is 36.0 Å². The van der Waals surface area contributed by atoms with Crippen LogP contribution >= 0.6 is 23.5 Å². The molecule has 0 spiro atoms. The Morgan fingerprint density at radius 3 is 1.94 bits per heavy atom. The minimum atomic E-state index is -1.24. The van der Waals surface area contributed by atoms with Crippen molar-refractivity contribution in [1.29, 1.82) is 0 Å². The molecule has 4 heterocycles. The highest BCUT2D eigenvalue weighted by atomic mass is 32.2. The third kappa shape index (κ3) is 12.6. The van der Waals surface area contributed by atoms with Crippen LogP contribution in [0.4, 0.5) is 6.01 Å². The second kappa shape index (κ2) is 24.5. The van der Waals surface area contributed by atoms with Crippen LogP contribution in [-0.2, 0) is 49.6 Å². The van der Waals surface area contributed by atoms with Crippen molar-refractivity contribution in [3.8, 4) is 11.5 Å². The quantitative estimate of drug-likeness (QED) is 0.0163. The van der Waals surface area contributed by atoms with E-state index in [4.69, 9.17) is 33.9 Å². The molecule has 0 saturated carbocycles. The summed E-state index contributed by atoms with van der Waals surface area (Å²) in [4.78, 5) is 104. The summed E-state index contributed by atoms with van der Waals surface area (Å²) in [5, 5.41) is 18.0. The third-order valence-corrected chi connectivity index (χ3v) is 14.1. The van der Waals surface area contributed by atoms with Crippen LogP contribution in [0.25, 0.3) is 0 Å². The number of rotatable bonds is 21. The molecule has 1 saturated heterocycles. The Balaban J connectivity index is 0.946. The number of hydrogen-bond donors (Lipinski definition) is 2. The summed E-state index contributed by atoms with van der Waals surface area (Å²) in [5.41, 5.74) is 8.23. The normalized spacial score (nSPS) is 15.0. The van der Waals surface area contributed by atoms with Gasteiger partial charge in [-0.05, 0) is 56.5 Å². The molecule has 0 unspecified atom stereocenters. The predicted molar refractivity (Wildman–Crippen MR) is 279 cm³/mol. The van der Waals surface area contributed by atoms with Crippen molar-refractivity contribution < 1.29 is 61.8 Å². The number of nitrogens with zero attached hydrogens (tertiary/aromatic N) is 7. The number of ether oxygens (including phenoxy) is 4. The van der Waals surface area contributed by atoms with E-state index in [0.29, 0.717) is 16.7 Å². The Kier molecular flexibility index (Phi) is 16.8. The van der Waals surface area contributed by atoms with E-state index in [1.54, 1.807) is 0 Å². The highest BCUT2D eigenvalue weighted by Crippen LogP contribution is 2.43. The Bertz CT molecular complexity index is 3350. The van der Waals surface area contributed by atoms with Gasteiger partial charge < -0.3 is 39.3 Å². The maximum atomic E-state index is 14.8. The van der Waals surface area contributed by atoms with Crippen LogP contribution in [0.3, 0.4) is 0 Å². The number of hydrogen-bond acceptors (Lipinski definition) is 21. The number of β-lactam (4-membered cyclic amide) rings is 1. The number of nitrogens with one attached hydrogen (secondary N) is 1. The fourth-order valence-electron chi connectivity index (χ4n) is 8.16. The number of nitrogens with two attached hydrogens (primary N) is 1. The van der Waals surface area contributed by atoms with Gasteiger partial charge in [0, 0.05) is 30.9 Å². The highest BCUT2D eigenvalue weighted by molar-refractivity contribution is 8.01. The summed E-state index contributed by atoms with van der Waals surface area (Å²) in [6.45, 7) is 1.16. The molecule has 22 nitrogen and oxygen atoms in total. The number of esters is 4. The molecule has 2 atom stereocenters. The van der Waals surface area contributed by atoms with E-state index in [-0.39, 0.29) is 57.7 Å². The molecule has 1 fully saturated rings. The molecule has 0 aliphatic carbocycles. The van der Waals surface area contributed by atoms with Gasteiger partial charge in [-0.15, -0.1) is 16.9 Å². The molecule has 2 aromatic heterocycles. The lowest BCUT2D eigenvalue weighted by atomic mass is 10.0. The molecule has 7 aromatic rings. The number of benzene rings is 5. The number of fused-ring (bicyclic) bond motifs is 1. The molecule has 396 valence electrons. The fraction of sp³-hybridized carbons (Fsp3) is 0.185. The van der Waals surface area contributed by atoms with Gasteiger partial charge in [-0.25, -0.2) is 9.48 Å². The molecule has 0 bridgehead atoms. The second-order valence-corrected chi connectivity index (χ2v) is 19.1. The van der Waals surface area contributed by atoms with Gasteiger partial charge in [-0.1, -0.05) is 138 Å². The summed E-state index contributed by atoms with van der Waals surface area (Å²) in [5.74, 6) is -5.34. The second-order valence-electron chi connectivity index (χ2n) is 17.1. The first kappa shape index (κ1) is 53.4. The monoisotopic (exact) mass is 1090 g/mol. The van der Waals surface area contributed by atoms with Gasteiger partial charge in [0.25, 0.3) is 17.8 Å². The molecule has 9 rings (SSSR count). The van der Waals surface area contributed by atoms with Crippen LogP contribution in [0.1, 0.15) is 64.4 Å². The number of amides is 2. The van der Waals surface area contributed by atoms with Crippen molar-refractivity contribution in [2.24, 2.45) is 5.16 Å². The first-order chi connectivity index (χ1) is 37.8. The van der Waals surface area contributed by atoms with E-state index in [9.17, 15) is 33.6 Å². The predicted octanol–water partition coefficient (Wildman–Crippen LogP) is 5.81. The highest BCUT2D eigenvalue weighted by Gasteiger charge is 2.55. The number of ketones is 1. The van der Waals surface area contributed by atoms with Crippen molar-refractivity contribution in [2.75, 3.05) is 23.8 Å². The lowest BCUT2D eigenvalue weighted by Gasteiger charge is -2.49. The zero-order valence-electron chi connectivity index (χ0n) is 41.3. The van der Waals surface area contributed by atoms with E-state index >= 15 is 0 Å².